The van der Waals surface area contributed by atoms with E-state index in [1.54, 1.807) is 28.7 Å². The Morgan fingerprint density at radius 3 is 2.83 bits per heavy atom. The van der Waals surface area contributed by atoms with E-state index in [4.69, 9.17) is 16.3 Å². The molecule has 5 nitrogen and oxygen atoms in total. The zero-order valence-corrected chi connectivity index (χ0v) is 14.3. The number of anilines is 1. The molecule has 0 saturated carbocycles. The SMILES string of the molecule is CCOc1cccn2c(C(=O)Nc3cccc(Cl)c3)c(CC)nc12. The highest BCUT2D eigenvalue weighted by Gasteiger charge is 2.20. The van der Waals surface area contributed by atoms with E-state index in [9.17, 15) is 4.79 Å². The van der Waals surface area contributed by atoms with E-state index in [0.717, 1.165) is 5.69 Å². The Morgan fingerprint density at radius 2 is 2.12 bits per heavy atom. The molecule has 1 aromatic carbocycles. The van der Waals surface area contributed by atoms with Crippen LogP contribution < -0.4 is 10.1 Å². The van der Waals surface area contributed by atoms with Gasteiger partial charge in [0.2, 0.25) is 0 Å². The molecule has 0 unspecified atom stereocenters. The molecule has 0 radical (unpaired) electrons. The van der Waals surface area contributed by atoms with Crippen molar-refractivity contribution in [2.45, 2.75) is 20.3 Å². The standard InChI is InChI=1S/C18H18ClN3O2/c1-3-14-16(18(23)20-13-8-5-7-12(19)11-13)22-10-6-9-15(24-4-2)17(22)21-14/h5-11H,3-4H2,1-2H3,(H,20,23). The summed E-state index contributed by atoms with van der Waals surface area (Å²) in [6.07, 6.45) is 2.46. The number of aryl methyl sites for hydroxylation is 1. The molecule has 1 N–H and O–H groups in total. The Hall–Kier alpha value is -2.53. The minimum absolute atomic E-state index is 0.227. The van der Waals surface area contributed by atoms with Crippen molar-refractivity contribution in [3.8, 4) is 5.75 Å². The fourth-order valence-corrected chi connectivity index (χ4v) is 2.79. The summed E-state index contributed by atoms with van der Waals surface area (Å²) in [6.45, 7) is 4.43. The van der Waals surface area contributed by atoms with Crippen LogP contribution in [-0.2, 0) is 6.42 Å². The van der Waals surface area contributed by atoms with Crippen molar-refractivity contribution in [2.75, 3.05) is 11.9 Å². The second-order valence-electron chi connectivity index (χ2n) is 5.22. The maximum atomic E-state index is 12.8. The molecule has 3 rings (SSSR count). The molecule has 0 aliphatic rings. The van der Waals surface area contributed by atoms with E-state index < -0.39 is 0 Å². The third-order valence-electron chi connectivity index (χ3n) is 3.62. The van der Waals surface area contributed by atoms with E-state index in [1.165, 1.54) is 0 Å². The quantitative estimate of drug-likeness (QED) is 0.755. The van der Waals surface area contributed by atoms with E-state index in [-0.39, 0.29) is 5.91 Å². The first-order chi connectivity index (χ1) is 11.6. The van der Waals surface area contributed by atoms with Crippen LogP contribution in [-0.4, -0.2) is 21.9 Å². The van der Waals surface area contributed by atoms with Crippen LogP contribution in [0.25, 0.3) is 5.65 Å². The summed E-state index contributed by atoms with van der Waals surface area (Å²) in [6, 6.07) is 10.8. The molecule has 0 aliphatic heterocycles. The molecular formula is C18H18ClN3O2. The van der Waals surface area contributed by atoms with Gasteiger partial charge in [-0.25, -0.2) is 4.98 Å². The number of aromatic nitrogens is 2. The van der Waals surface area contributed by atoms with Crippen LogP contribution in [0.15, 0.2) is 42.6 Å². The van der Waals surface area contributed by atoms with Gasteiger partial charge >= 0.3 is 0 Å². The number of benzene rings is 1. The lowest BCUT2D eigenvalue weighted by Crippen LogP contribution is -2.16. The van der Waals surface area contributed by atoms with Gasteiger partial charge < -0.3 is 10.1 Å². The van der Waals surface area contributed by atoms with Crippen LogP contribution in [0, 0.1) is 0 Å². The molecule has 24 heavy (non-hydrogen) atoms. The molecule has 124 valence electrons. The number of hydrogen-bond donors (Lipinski definition) is 1. The van der Waals surface area contributed by atoms with Crippen molar-refractivity contribution in [3.63, 3.8) is 0 Å². The third-order valence-corrected chi connectivity index (χ3v) is 3.85. The average Bonchev–Trinajstić information content (AvgIpc) is 2.95. The molecule has 0 bridgehead atoms. The third kappa shape index (κ3) is 3.08. The molecule has 0 saturated heterocycles. The summed E-state index contributed by atoms with van der Waals surface area (Å²) in [5.41, 5.74) is 2.52. The molecular weight excluding hydrogens is 326 g/mol. The highest BCUT2D eigenvalue weighted by atomic mass is 35.5. The normalized spacial score (nSPS) is 10.8. The fraction of sp³-hybridized carbons (Fsp3) is 0.222. The Morgan fingerprint density at radius 1 is 1.29 bits per heavy atom. The fourth-order valence-electron chi connectivity index (χ4n) is 2.60. The minimum atomic E-state index is -0.227. The molecule has 2 heterocycles. The lowest BCUT2D eigenvalue weighted by atomic mass is 10.2. The maximum Gasteiger partial charge on any atom is 0.274 e. The number of fused-ring (bicyclic) bond motifs is 1. The topological polar surface area (TPSA) is 55.6 Å². The summed E-state index contributed by atoms with van der Waals surface area (Å²) in [4.78, 5) is 17.4. The van der Waals surface area contributed by atoms with E-state index in [0.29, 0.717) is 40.8 Å². The first kappa shape index (κ1) is 16.3. The lowest BCUT2D eigenvalue weighted by Gasteiger charge is -2.08. The van der Waals surface area contributed by atoms with Gasteiger partial charge in [0.1, 0.15) is 5.69 Å². The van der Waals surface area contributed by atoms with Gasteiger partial charge in [0.05, 0.1) is 12.3 Å². The van der Waals surface area contributed by atoms with Crippen LogP contribution in [0.4, 0.5) is 5.69 Å². The van der Waals surface area contributed by atoms with Crippen LogP contribution in [0.1, 0.15) is 30.0 Å². The maximum absolute atomic E-state index is 12.8. The number of imidazole rings is 1. The van der Waals surface area contributed by atoms with Gasteiger partial charge in [-0.2, -0.15) is 0 Å². The summed E-state index contributed by atoms with van der Waals surface area (Å²) >= 11 is 5.98. The van der Waals surface area contributed by atoms with E-state index in [1.807, 2.05) is 32.2 Å². The van der Waals surface area contributed by atoms with Crippen LogP contribution in [0.2, 0.25) is 5.02 Å². The van der Waals surface area contributed by atoms with Gasteiger partial charge in [-0.1, -0.05) is 24.6 Å². The van der Waals surface area contributed by atoms with Crippen molar-refractivity contribution >= 4 is 28.8 Å². The van der Waals surface area contributed by atoms with Crippen molar-refractivity contribution in [3.05, 3.63) is 59.0 Å². The van der Waals surface area contributed by atoms with Gasteiger partial charge in [0.25, 0.3) is 5.91 Å². The largest absolute Gasteiger partial charge is 0.490 e. The first-order valence-corrected chi connectivity index (χ1v) is 8.21. The van der Waals surface area contributed by atoms with E-state index >= 15 is 0 Å². The summed E-state index contributed by atoms with van der Waals surface area (Å²) in [5, 5.41) is 3.45. The molecule has 0 atom stereocenters. The number of hydrogen-bond acceptors (Lipinski definition) is 3. The number of nitrogens with one attached hydrogen (secondary N) is 1. The average molecular weight is 344 g/mol. The Kier molecular flexibility index (Phi) is 4.71. The van der Waals surface area contributed by atoms with Crippen molar-refractivity contribution in [1.82, 2.24) is 9.38 Å². The number of carbonyl (C=O) groups is 1. The predicted octanol–water partition coefficient (Wildman–Crippen LogP) is 4.20. The summed E-state index contributed by atoms with van der Waals surface area (Å²) < 4.78 is 7.38. The highest BCUT2D eigenvalue weighted by Crippen LogP contribution is 2.24. The van der Waals surface area contributed by atoms with Crippen molar-refractivity contribution in [2.24, 2.45) is 0 Å². The number of carbonyl (C=O) groups excluding carboxylic acids is 1. The molecule has 0 aliphatic carbocycles. The smallest absolute Gasteiger partial charge is 0.274 e. The monoisotopic (exact) mass is 343 g/mol. The van der Waals surface area contributed by atoms with Crippen molar-refractivity contribution < 1.29 is 9.53 Å². The van der Waals surface area contributed by atoms with E-state index in [2.05, 4.69) is 10.3 Å². The molecule has 2 aromatic heterocycles. The molecule has 6 heteroatoms. The Bertz CT molecular complexity index is 889. The first-order valence-electron chi connectivity index (χ1n) is 7.83. The minimum Gasteiger partial charge on any atom is -0.490 e. The predicted molar refractivity (Wildman–Crippen MR) is 95.1 cm³/mol. The van der Waals surface area contributed by atoms with Gasteiger partial charge in [0.15, 0.2) is 11.4 Å². The number of rotatable bonds is 5. The lowest BCUT2D eigenvalue weighted by molar-refractivity contribution is 0.102. The number of amides is 1. The van der Waals surface area contributed by atoms with Crippen LogP contribution >= 0.6 is 11.6 Å². The van der Waals surface area contributed by atoms with Gasteiger partial charge in [-0.05, 0) is 43.7 Å². The molecule has 3 aromatic rings. The van der Waals surface area contributed by atoms with Gasteiger partial charge in [0, 0.05) is 16.9 Å². The van der Waals surface area contributed by atoms with Gasteiger partial charge in [-0.3, -0.25) is 9.20 Å². The number of nitrogens with zero attached hydrogens (tertiary/aromatic N) is 2. The van der Waals surface area contributed by atoms with Crippen molar-refractivity contribution in [1.29, 1.82) is 0 Å². The number of halogens is 1. The zero-order chi connectivity index (χ0) is 17.1. The Labute approximate surface area is 145 Å². The number of pyridine rings is 1. The van der Waals surface area contributed by atoms with Crippen LogP contribution in [0.5, 0.6) is 5.75 Å². The second-order valence-corrected chi connectivity index (χ2v) is 5.66. The second kappa shape index (κ2) is 6.93. The summed E-state index contributed by atoms with van der Waals surface area (Å²) in [5.74, 6) is 0.437. The van der Waals surface area contributed by atoms with Crippen LogP contribution in [0.3, 0.4) is 0 Å². The van der Waals surface area contributed by atoms with Gasteiger partial charge in [-0.15, -0.1) is 0 Å². The summed E-state index contributed by atoms with van der Waals surface area (Å²) in [7, 11) is 0. The highest BCUT2D eigenvalue weighted by molar-refractivity contribution is 6.31. The number of ether oxygens (including phenoxy) is 1. The Balaban J connectivity index is 2.04. The molecule has 0 fully saturated rings. The molecule has 0 spiro atoms. The molecule has 1 amide bonds. The zero-order valence-electron chi connectivity index (χ0n) is 13.5.